The van der Waals surface area contributed by atoms with Crippen molar-refractivity contribution in [1.82, 2.24) is 25.1 Å². The number of nitrogens with zero attached hydrogens (tertiary/aromatic N) is 3. The Hall–Kier alpha value is -3.87. The highest BCUT2D eigenvalue weighted by Crippen LogP contribution is 2.33. The van der Waals surface area contributed by atoms with E-state index in [1.54, 1.807) is 24.7 Å². The molecule has 0 saturated heterocycles. The molecule has 3 heterocycles. The Balaban J connectivity index is 1.43. The molecule has 1 unspecified atom stereocenters. The van der Waals surface area contributed by atoms with Crippen LogP contribution >= 0.6 is 0 Å². The second-order valence-corrected chi connectivity index (χ2v) is 7.15. The summed E-state index contributed by atoms with van der Waals surface area (Å²) in [6.45, 7) is 0.980. The van der Waals surface area contributed by atoms with Gasteiger partial charge in [0.05, 0.1) is 30.0 Å². The van der Waals surface area contributed by atoms with Crippen LogP contribution < -0.4 is 0 Å². The molecule has 1 aliphatic rings. The van der Waals surface area contributed by atoms with Gasteiger partial charge in [-0.05, 0) is 41.5 Å². The predicted octanol–water partition coefficient (Wildman–Crippen LogP) is 3.29. The van der Waals surface area contributed by atoms with Crippen molar-refractivity contribution in [2.45, 2.75) is 12.5 Å². The standard InChI is InChI=1S/C22H19N5O2/c28-17-3-1-2-16(10-17)18-11-27(12-20-21(18)24-13-23-20)22(29)15-6-4-14(5-7-15)19-8-9-25-26-19/h1-10,13,18,28H,11-12H2,(H,23,24)(H,25,26). The number of H-pyrrole nitrogens is 2. The van der Waals surface area contributed by atoms with Gasteiger partial charge in [-0.2, -0.15) is 5.10 Å². The number of phenols is 1. The SMILES string of the molecule is O=C(c1ccc(-c2ccn[nH]2)cc1)N1Cc2[nH]cnc2C(c2cccc(O)c2)C1. The number of amides is 1. The Kier molecular flexibility index (Phi) is 4.13. The Morgan fingerprint density at radius 2 is 2.00 bits per heavy atom. The van der Waals surface area contributed by atoms with Gasteiger partial charge in [-0.1, -0.05) is 24.3 Å². The summed E-state index contributed by atoms with van der Waals surface area (Å²) in [6, 6.07) is 16.5. The van der Waals surface area contributed by atoms with E-state index in [2.05, 4.69) is 20.2 Å². The van der Waals surface area contributed by atoms with Crippen molar-refractivity contribution in [2.75, 3.05) is 6.54 Å². The number of phenolic OH excluding ortho intramolecular Hbond substituents is 1. The number of aromatic nitrogens is 4. The lowest BCUT2D eigenvalue weighted by Gasteiger charge is -2.32. The molecule has 2 aromatic heterocycles. The largest absolute Gasteiger partial charge is 0.508 e. The fourth-order valence-corrected chi connectivity index (χ4v) is 3.87. The molecule has 1 amide bonds. The lowest BCUT2D eigenvalue weighted by molar-refractivity contribution is 0.0722. The maximum atomic E-state index is 13.2. The van der Waals surface area contributed by atoms with E-state index in [0.29, 0.717) is 18.7 Å². The first kappa shape index (κ1) is 17.2. The molecule has 0 radical (unpaired) electrons. The fourth-order valence-electron chi connectivity index (χ4n) is 3.87. The molecule has 1 aliphatic heterocycles. The van der Waals surface area contributed by atoms with Crippen LogP contribution in [-0.2, 0) is 6.54 Å². The molecule has 0 spiro atoms. The summed E-state index contributed by atoms with van der Waals surface area (Å²) in [5, 5.41) is 16.8. The second kappa shape index (κ2) is 6.94. The lowest BCUT2D eigenvalue weighted by atomic mass is 9.90. The maximum absolute atomic E-state index is 13.2. The molecule has 0 aliphatic carbocycles. The van der Waals surface area contributed by atoms with E-state index in [4.69, 9.17) is 0 Å². The van der Waals surface area contributed by atoms with Crippen LogP contribution in [0.1, 0.15) is 33.2 Å². The molecule has 4 aromatic rings. The van der Waals surface area contributed by atoms with Crippen molar-refractivity contribution < 1.29 is 9.90 Å². The summed E-state index contributed by atoms with van der Waals surface area (Å²) in [4.78, 5) is 22.6. The number of aromatic hydroxyl groups is 1. The number of benzene rings is 2. The van der Waals surface area contributed by atoms with Crippen molar-refractivity contribution in [3.8, 4) is 17.0 Å². The van der Waals surface area contributed by atoms with Crippen LogP contribution in [0.15, 0.2) is 67.1 Å². The van der Waals surface area contributed by atoms with Gasteiger partial charge in [-0.3, -0.25) is 9.89 Å². The zero-order valence-corrected chi connectivity index (χ0v) is 15.5. The molecule has 2 aromatic carbocycles. The van der Waals surface area contributed by atoms with Gasteiger partial charge in [0.2, 0.25) is 0 Å². The third kappa shape index (κ3) is 3.16. The first-order chi connectivity index (χ1) is 14.2. The highest BCUT2D eigenvalue weighted by molar-refractivity contribution is 5.94. The Morgan fingerprint density at radius 1 is 1.14 bits per heavy atom. The van der Waals surface area contributed by atoms with Gasteiger partial charge in [0.1, 0.15) is 5.75 Å². The normalized spacial score (nSPS) is 15.9. The number of aromatic amines is 2. The molecule has 0 saturated carbocycles. The van der Waals surface area contributed by atoms with Crippen molar-refractivity contribution in [2.24, 2.45) is 0 Å². The third-order valence-electron chi connectivity index (χ3n) is 5.34. The van der Waals surface area contributed by atoms with Crippen LogP contribution in [0, 0.1) is 0 Å². The van der Waals surface area contributed by atoms with Gasteiger partial charge in [-0.25, -0.2) is 4.98 Å². The zero-order chi connectivity index (χ0) is 19.8. The fraction of sp³-hybridized carbons (Fsp3) is 0.136. The number of fused-ring (bicyclic) bond motifs is 1. The average Bonchev–Trinajstić information content (AvgIpc) is 3.44. The van der Waals surface area contributed by atoms with Crippen molar-refractivity contribution in [1.29, 1.82) is 0 Å². The van der Waals surface area contributed by atoms with Crippen LogP contribution in [0.3, 0.4) is 0 Å². The van der Waals surface area contributed by atoms with Gasteiger partial charge < -0.3 is 15.0 Å². The quantitative estimate of drug-likeness (QED) is 0.504. The van der Waals surface area contributed by atoms with Gasteiger partial charge >= 0.3 is 0 Å². The monoisotopic (exact) mass is 385 g/mol. The van der Waals surface area contributed by atoms with Crippen LogP contribution in [-0.4, -0.2) is 42.6 Å². The first-order valence-corrected chi connectivity index (χ1v) is 9.39. The summed E-state index contributed by atoms with van der Waals surface area (Å²) in [6.07, 6.45) is 3.36. The molecular weight excluding hydrogens is 366 g/mol. The van der Waals surface area contributed by atoms with Crippen LogP contribution in [0.25, 0.3) is 11.3 Å². The number of hydrogen-bond acceptors (Lipinski definition) is 4. The molecule has 0 fully saturated rings. The van der Waals surface area contributed by atoms with Crippen molar-refractivity contribution in [3.63, 3.8) is 0 Å². The topological polar surface area (TPSA) is 97.9 Å². The molecule has 144 valence electrons. The number of imidazole rings is 1. The number of carbonyl (C=O) groups is 1. The average molecular weight is 385 g/mol. The summed E-state index contributed by atoms with van der Waals surface area (Å²) in [5.74, 6) is 0.0781. The summed E-state index contributed by atoms with van der Waals surface area (Å²) >= 11 is 0. The second-order valence-electron chi connectivity index (χ2n) is 7.15. The zero-order valence-electron chi connectivity index (χ0n) is 15.5. The van der Waals surface area contributed by atoms with E-state index < -0.39 is 0 Å². The molecular formula is C22H19N5O2. The van der Waals surface area contributed by atoms with Gasteiger partial charge in [0.15, 0.2) is 0 Å². The van der Waals surface area contributed by atoms with E-state index >= 15 is 0 Å². The van der Waals surface area contributed by atoms with Gasteiger partial charge in [-0.15, -0.1) is 0 Å². The van der Waals surface area contributed by atoms with Crippen LogP contribution in [0.2, 0.25) is 0 Å². The van der Waals surface area contributed by atoms with Gasteiger partial charge in [0.25, 0.3) is 5.91 Å². The lowest BCUT2D eigenvalue weighted by Crippen LogP contribution is -2.38. The predicted molar refractivity (Wildman–Crippen MR) is 107 cm³/mol. The number of hydrogen-bond donors (Lipinski definition) is 3. The molecule has 7 nitrogen and oxygen atoms in total. The van der Waals surface area contributed by atoms with E-state index in [-0.39, 0.29) is 17.6 Å². The van der Waals surface area contributed by atoms with Crippen molar-refractivity contribution >= 4 is 5.91 Å². The van der Waals surface area contributed by atoms with Crippen molar-refractivity contribution in [3.05, 3.63) is 89.6 Å². The molecule has 1 atom stereocenters. The molecule has 29 heavy (non-hydrogen) atoms. The molecule has 7 heteroatoms. The van der Waals surface area contributed by atoms with E-state index in [0.717, 1.165) is 28.2 Å². The first-order valence-electron chi connectivity index (χ1n) is 9.39. The summed E-state index contributed by atoms with van der Waals surface area (Å²) in [5.41, 5.74) is 5.30. The Labute approximate surface area is 167 Å². The number of nitrogens with one attached hydrogen (secondary N) is 2. The summed E-state index contributed by atoms with van der Waals surface area (Å²) < 4.78 is 0. The highest BCUT2D eigenvalue weighted by atomic mass is 16.3. The van der Waals surface area contributed by atoms with E-state index in [1.165, 1.54) is 0 Å². The maximum Gasteiger partial charge on any atom is 0.254 e. The van der Waals surface area contributed by atoms with Crippen LogP contribution in [0.5, 0.6) is 5.75 Å². The smallest absolute Gasteiger partial charge is 0.254 e. The van der Waals surface area contributed by atoms with Gasteiger partial charge in [0, 0.05) is 24.2 Å². The number of rotatable bonds is 3. The molecule has 5 rings (SSSR count). The molecule has 3 N–H and O–H groups in total. The van der Waals surface area contributed by atoms with Crippen LogP contribution in [0.4, 0.5) is 0 Å². The Morgan fingerprint density at radius 3 is 2.76 bits per heavy atom. The van der Waals surface area contributed by atoms with E-state index in [9.17, 15) is 9.90 Å². The minimum atomic E-state index is -0.0923. The summed E-state index contributed by atoms with van der Waals surface area (Å²) in [7, 11) is 0. The Bertz CT molecular complexity index is 1150. The highest BCUT2D eigenvalue weighted by Gasteiger charge is 2.31. The number of carbonyl (C=O) groups excluding carboxylic acids is 1. The molecule has 0 bridgehead atoms. The van der Waals surface area contributed by atoms with E-state index in [1.807, 2.05) is 47.4 Å². The minimum Gasteiger partial charge on any atom is -0.508 e. The third-order valence-corrected chi connectivity index (χ3v) is 5.34. The minimum absolute atomic E-state index is 0.0356.